The summed E-state index contributed by atoms with van der Waals surface area (Å²) in [7, 11) is 0. The van der Waals surface area contributed by atoms with E-state index >= 15 is 0 Å². The number of amides is 1. The highest BCUT2D eigenvalue weighted by Gasteiger charge is 2.51. The van der Waals surface area contributed by atoms with E-state index in [2.05, 4.69) is 18.7 Å². The number of hydrogen-bond donors (Lipinski definition) is 1. The lowest BCUT2D eigenvalue weighted by atomic mass is 9.83. The normalized spacial score (nSPS) is 18.5. The second-order valence-corrected chi connectivity index (χ2v) is 7.68. The van der Waals surface area contributed by atoms with Crippen molar-refractivity contribution in [2.75, 3.05) is 26.2 Å². The van der Waals surface area contributed by atoms with Gasteiger partial charge in [0.1, 0.15) is 5.60 Å². The monoisotopic (exact) mass is 328 g/mol. The third-order valence-corrected chi connectivity index (χ3v) is 4.38. The highest BCUT2D eigenvalue weighted by molar-refractivity contribution is 5.73. The van der Waals surface area contributed by atoms with E-state index in [0.717, 1.165) is 19.5 Å². The smallest absolute Gasteiger partial charge is 0.410 e. The zero-order valence-electron chi connectivity index (χ0n) is 15.4. The van der Waals surface area contributed by atoms with Crippen molar-refractivity contribution in [2.24, 2.45) is 5.92 Å². The molecule has 1 N–H and O–H groups in total. The molecule has 0 saturated carbocycles. The van der Waals surface area contributed by atoms with Crippen LogP contribution in [0.15, 0.2) is 0 Å². The van der Waals surface area contributed by atoms with Gasteiger partial charge >= 0.3 is 12.1 Å². The van der Waals surface area contributed by atoms with Crippen LogP contribution >= 0.6 is 0 Å². The Balaban J connectivity index is 2.79. The van der Waals surface area contributed by atoms with Gasteiger partial charge in [-0.1, -0.05) is 27.2 Å². The number of ether oxygens (including phenoxy) is 1. The molecule has 0 aromatic carbocycles. The van der Waals surface area contributed by atoms with Gasteiger partial charge in [-0.3, -0.25) is 9.69 Å². The van der Waals surface area contributed by atoms with Crippen molar-refractivity contribution in [2.45, 2.75) is 65.5 Å². The highest BCUT2D eigenvalue weighted by atomic mass is 16.6. The van der Waals surface area contributed by atoms with Crippen molar-refractivity contribution in [3.63, 3.8) is 0 Å². The second kappa shape index (κ2) is 7.51. The van der Waals surface area contributed by atoms with Gasteiger partial charge in [0, 0.05) is 19.6 Å². The molecule has 1 aliphatic rings. The number of hydrogen-bond acceptors (Lipinski definition) is 4. The Morgan fingerprint density at radius 2 is 1.87 bits per heavy atom. The van der Waals surface area contributed by atoms with Crippen LogP contribution in [-0.2, 0) is 9.53 Å². The molecule has 1 aliphatic heterocycles. The maximum absolute atomic E-state index is 12.1. The summed E-state index contributed by atoms with van der Waals surface area (Å²) in [6.07, 6.45) is 0.740. The van der Waals surface area contributed by atoms with E-state index in [1.165, 1.54) is 0 Å². The van der Waals surface area contributed by atoms with Gasteiger partial charge in [-0.15, -0.1) is 0 Å². The summed E-state index contributed by atoms with van der Waals surface area (Å²) in [6.45, 7) is 14.3. The molecule has 0 aliphatic carbocycles. The van der Waals surface area contributed by atoms with Crippen molar-refractivity contribution in [3.8, 4) is 0 Å². The van der Waals surface area contributed by atoms with Gasteiger partial charge in [0.05, 0.1) is 12.0 Å². The van der Waals surface area contributed by atoms with Gasteiger partial charge in [-0.25, -0.2) is 4.79 Å². The van der Waals surface area contributed by atoms with Crippen LogP contribution in [0.4, 0.5) is 4.79 Å². The third-order valence-electron chi connectivity index (χ3n) is 4.38. The summed E-state index contributed by atoms with van der Waals surface area (Å²) in [5, 5.41) is 9.30. The fourth-order valence-electron chi connectivity index (χ4n) is 2.99. The fraction of sp³-hybridized carbons (Fsp3) is 0.882. The minimum atomic E-state index is -0.823. The minimum absolute atomic E-state index is 0.0522. The Bertz CT molecular complexity index is 425. The SMILES string of the molecule is CCC(C)CN(CC)C1(CC(=O)O)CN(C(=O)OC(C)(C)C)C1. The largest absolute Gasteiger partial charge is 0.481 e. The lowest BCUT2D eigenvalue weighted by molar-refractivity contribution is -0.146. The van der Waals surface area contributed by atoms with Gasteiger partial charge in [0.2, 0.25) is 0 Å². The highest BCUT2D eigenvalue weighted by Crippen LogP contribution is 2.33. The summed E-state index contributed by atoms with van der Waals surface area (Å²) >= 11 is 0. The minimum Gasteiger partial charge on any atom is -0.481 e. The third kappa shape index (κ3) is 5.37. The van der Waals surface area contributed by atoms with Gasteiger partial charge in [-0.2, -0.15) is 0 Å². The first-order chi connectivity index (χ1) is 10.5. The number of rotatable bonds is 7. The molecule has 0 aromatic heterocycles. The van der Waals surface area contributed by atoms with Crippen LogP contribution in [0, 0.1) is 5.92 Å². The molecule has 134 valence electrons. The number of carbonyl (C=O) groups excluding carboxylic acids is 1. The maximum atomic E-state index is 12.1. The molecule has 1 atom stereocenters. The number of nitrogens with zero attached hydrogens (tertiary/aromatic N) is 2. The molecule has 1 saturated heterocycles. The lowest BCUT2D eigenvalue weighted by Gasteiger charge is -2.55. The zero-order chi connectivity index (χ0) is 17.8. The van der Waals surface area contributed by atoms with Crippen LogP contribution < -0.4 is 0 Å². The average Bonchev–Trinajstić information content (AvgIpc) is 2.37. The Labute approximate surface area is 139 Å². The topological polar surface area (TPSA) is 70.1 Å². The van der Waals surface area contributed by atoms with Crippen molar-refractivity contribution < 1.29 is 19.4 Å². The first kappa shape index (κ1) is 19.7. The Hall–Kier alpha value is -1.30. The first-order valence-electron chi connectivity index (χ1n) is 8.47. The van der Waals surface area contributed by atoms with Gasteiger partial charge in [-0.05, 0) is 33.2 Å². The van der Waals surface area contributed by atoms with Gasteiger partial charge < -0.3 is 14.7 Å². The molecule has 1 unspecified atom stereocenters. The molecular formula is C17H32N2O4. The molecule has 0 bridgehead atoms. The van der Waals surface area contributed by atoms with Crippen LogP contribution in [0.25, 0.3) is 0 Å². The van der Waals surface area contributed by atoms with Crippen LogP contribution in [-0.4, -0.2) is 64.3 Å². The van der Waals surface area contributed by atoms with Gasteiger partial charge in [0.25, 0.3) is 0 Å². The van der Waals surface area contributed by atoms with Crippen LogP contribution in [0.3, 0.4) is 0 Å². The van der Waals surface area contributed by atoms with Crippen molar-refractivity contribution in [3.05, 3.63) is 0 Å². The summed E-state index contributed by atoms with van der Waals surface area (Å²) in [6, 6.07) is 0. The number of likely N-dealkylation sites (tertiary alicyclic amines) is 1. The molecule has 6 nitrogen and oxygen atoms in total. The zero-order valence-corrected chi connectivity index (χ0v) is 15.4. The van der Waals surface area contributed by atoms with E-state index < -0.39 is 17.1 Å². The van der Waals surface area contributed by atoms with E-state index in [0.29, 0.717) is 19.0 Å². The summed E-state index contributed by atoms with van der Waals surface area (Å²) in [5.41, 5.74) is -1.01. The molecule has 6 heteroatoms. The standard InChI is InChI=1S/C17H32N2O4/c1-7-13(3)10-19(8-2)17(9-14(20)21)11-18(12-17)15(22)23-16(4,5)6/h13H,7-12H2,1-6H3,(H,20,21). The van der Waals surface area contributed by atoms with Crippen LogP contribution in [0.2, 0.25) is 0 Å². The van der Waals surface area contributed by atoms with Crippen molar-refractivity contribution in [1.82, 2.24) is 9.80 Å². The van der Waals surface area contributed by atoms with E-state index in [-0.39, 0.29) is 12.5 Å². The number of carboxylic acid groups (broad SMARTS) is 1. The van der Waals surface area contributed by atoms with Gasteiger partial charge in [0.15, 0.2) is 0 Å². The summed E-state index contributed by atoms with van der Waals surface area (Å²) in [5.74, 6) is -0.326. The molecule has 0 spiro atoms. The molecule has 23 heavy (non-hydrogen) atoms. The number of carbonyl (C=O) groups is 2. The fourth-order valence-corrected chi connectivity index (χ4v) is 2.99. The number of carboxylic acids is 1. The predicted octanol–water partition coefficient (Wildman–Crippen LogP) is 2.82. The van der Waals surface area contributed by atoms with Crippen molar-refractivity contribution >= 4 is 12.1 Å². The van der Waals surface area contributed by atoms with E-state index in [1.54, 1.807) is 4.90 Å². The Kier molecular flexibility index (Phi) is 6.45. The van der Waals surface area contributed by atoms with Crippen molar-refractivity contribution in [1.29, 1.82) is 0 Å². The number of aliphatic carboxylic acids is 1. The Morgan fingerprint density at radius 3 is 2.26 bits per heavy atom. The van der Waals surface area contributed by atoms with Crippen LogP contribution in [0.1, 0.15) is 54.4 Å². The number of likely N-dealkylation sites (N-methyl/N-ethyl adjacent to an activating group) is 1. The molecule has 1 fully saturated rings. The molecule has 1 amide bonds. The molecule has 1 rings (SSSR count). The maximum Gasteiger partial charge on any atom is 0.410 e. The van der Waals surface area contributed by atoms with Crippen LogP contribution in [0.5, 0.6) is 0 Å². The van der Waals surface area contributed by atoms with E-state index in [1.807, 2.05) is 27.7 Å². The molecular weight excluding hydrogens is 296 g/mol. The summed E-state index contributed by atoms with van der Waals surface area (Å²) < 4.78 is 5.38. The quantitative estimate of drug-likeness (QED) is 0.778. The average molecular weight is 328 g/mol. The first-order valence-corrected chi connectivity index (χ1v) is 8.47. The predicted molar refractivity (Wildman–Crippen MR) is 89.5 cm³/mol. The molecule has 1 heterocycles. The lowest BCUT2D eigenvalue weighted by Crippen LogP contribution is -2.72. The Morgan fingerprint density at radius 1 is 1.30 bits per heavy atom. The molecule has 0 aromatic rings. The summed E-state index contributed by atoms with van der Waals surface area (Å²) in [4.78, 5) is 27.3. The van der Waals surface area contributed by atoms with E-state index in [9.17, 15) is 14.7 Å². The second-order valence-electron chi connectivity index (χ2n) is 7.68. The molecule has 0 radical (unpaired) electrons. The van der Waals surface area contributed by atoms with E-state index in [4.69, 9.17) is 4.74 Å².